The molecule has 4 N–H and O–H groups in total. The van der Waals surface area contributed by atoms with Gasteiger partial charge in [0.05, 0.1) is 31.5 Å². The summed E-state index contributed by atoms with van der Waals surface area (Å²) in [5.74, 6) is -2.40. The number of methoxy groups -OCH3 is 2. The van der Waals surface area contributed by atoms with Crippen LogP contribution in [-0.2, 0) is 10.4 Å². The van der Waals surface area contributed by atoms with Crippen LogP contribution in [0.5, 0.6) is 17.2 Å². The second-order valence-electron chi connectivity index (χ2n) is 8.04. The van der Waals surface area contributed by atoms with Crippen molar-refractivity contribution in [2.45, 2.75) is 11.8 Å². The number of rotatable bonds is 10. The second-order valence-corrected chi connectivity index (χ2v) is 8.44. The average Bonchev–Trinajstić information content (AvgIpc) is 2.90. The minimum atomic E-state index is -5.29. The number of nitrogens with zero attached hydrogens (tertiary/aromatic N) is 1. The first kappa shape index (κ1) is 29.5. The van der Waals surface area contributed by atoms with Crippen molar-refractivity contribution in [2.24, 2.45) is 5.73 Å². The fraction of sp³-hybridized carbons (Fsp3) is 0.240. The highest BCUT2D eigenvalue weighted by atomic mass is 35.5. The highest BCUT2D eigenvalue weighted by Crippen LogP contribution is 2.40. The third-order valence-corrected chi connectivity index (χ3v) is 5.75. The first-order chi connectivity index (χ1) is 18.3. The maximum atomic E-state index is 14.2. The number of amides is 2. The van der Waals surface area contributed by atoms with E-state index in [0.29, 0.717) is 0 Å². The molecule has 1 unspecified atom stereocenters. The van der Waals surface area contributed by atoms with Crippen LogP contribution in [0.4, 0.5) is 17.6 Å². The number of aromatic nitrogens is 1. The zero-order valence-corrected chi connectivity index (χ0v) is 21.2. The van der Waals surface area contributed by atoms with E-state index >= 15 is 0 Å². The van der Waals surface area contributed by atoms with Crippen molar-refractivity contribution in [3.05, 3.63) is 70.6 Å². The Labute approximate surface area is 224 Å². The maximum absolute atomic E-state index is 14.2. The van der Waals surface area contributed by atoms with Crippen molar-refractivity contribution >= 4 is 23.4 Å². The van der Waals surface area contributed by atoms with Gasteiger partial charge in [0.25, 0.3) is 11.8 Å². The molecule has 1 aromatic heterocycles. The number of primary amides is 1. The zero-order valence-electron chi connectivity index (χ0n) is 20.4. The molecule has 0 saturated carbocycles. The van der Waals surface area contributed by atoms with Gasteiger partial charge in [-0.15, -0.1) is 0 Å². The molecule has 1 atom stereocenters. The van der Waals surface area contributed by atoms with E-state index in [4.69, 9.17) is 31.5 Å². The number of carbonyl (C=O) groups excluding carboxylic acids is 2. The monoisotopic (exact) mass is 571 g/mol. The van der Waals surface area contributed by atoms with Crippen LogP contribution in [0.25, 0.3) is 11.3 Å². The van der Waals surface area contributed by atoms with E-state index in [1.54, 1.807) is 0 Å². The highest BCUT2D eigenvalue weighted by molar-refractivity contribution is 6.31. The van der Waals surface area contributed by atoms with E-state index in [1.807, 2.05) is 5.32 Å². The Kier molecular flexibility index (Phi) is 8.87. The molecular formula is C25H22ClF4N3O6. The predicted octanol–water partition coefficient (Wildman–Crippen LogP) is 3.60. The van der Waals surface area contributed by atoms with Crippen LogP contribution in [0.3, 0.4) is 0 Å². The van der Waals surface area contributed by atoms with E-state index < -0.39 is 48.3 Å². The molecule has 3 rings (SSSR count). The Hall–Kier alpha value is -4.10. The Bertz CT molecular complexity index is 1390. The number of aliphatic hydroxyl groups is 1. The zero-order chi connectivity index (χ0) is 29.0. The molecule has 39 heavy (non-hydrogen) atoms. The molecular weight excluding hydrogens is 550 g/mol. The molecule has 1 heterocycles. The Morgan fingerprint density at radius 3 is 2.28 bits per heavy atom. The van der Waals surface area contributed by atoms with E-state index in [0.717, 1.165) is 24.3 Å². The Balaban J connectivity index is 1.93. The van der Waals surface area contributed by atoms with Gasteiger partial charge in [-0.05, 0) is 48.5 Å². The Morgan fingerprint density at radius 1 is 1.03 bits per heavy atom. The number of alkyl halides is 3. The molecule has 208 valence electrons. The fourth-order valence-electron chi connectivity index (χ4n) is 3.41. The lowest BCUT2D eigenvalue weighted by Crippen LogP contribution is -2.51. The SMILES string of the molecule is COc1cc(C(=O)NCC(O)(c2ccc(OC)c(-c3ccc(F)c(Cl)c3)n2)C(F)(F)F)ccc1OCC(N)=O. The van der Waals surface area contributed by atoms with Crippen molar-refractivity contribution in [3.8, 4) is 28.5 Å². The molecule has 2 amide bonds. The van der Waals surface area contributed by atoms with Crippen molar-refractivity contribution in [1.29, 1.82) is 0 Å². The van der Waals surface area contributed by atoms with Gasteiger partial charge in [0.15, 0.2) is 18.1 Å². The van der Waals surface area contributed by atoms with Crippen molar-refractivity contribution in [3.63, 3.8) is 0 Å². The summed E-state index contributed by atoms with van der Waals surface area (Å²) in [6.45, 7) is -1.79. The second kappa shape index (κ2) is 11.7. The van der Waals surface area contributed by atoms with Crippen molar-refractivity contribution < 1.29 is 46.5 Å². The van der Waals surface area contributed by atoms with Gasteiger partial charge in [-0.1, -0.05) is 11.6 Å². The number of ether oxygens (including phenoxy) is 3. The lowest BCUT2D eigenvalue weighted by Gasteiger charge is -2.30. The molecule has 0 saturated heterocycles. The molecule has 3 aromatic rings. The molecule has 0 radical (unpaired) electrons. The summed E-state index contributed by atoms with van der Waals surface area (Å²) in [7, 11) is 2.50. The molecule has 14 heteroatoms. The quantitative estimate of drug-likeness (QED) is 0.317. The molecule has 0 fully saturated rings. The number of benzene rings is 2. The van der Waals surface area contributed by atoms with Gasteiger partial charge in [0, 0.05) is 11.1 Å². The van der Waals surface area contributed by atoms with Gasteiger partial charge in [-0.2, -0.15) is 13.2 Å². The first-order valence-corrected chi connectivity index (χ1v) is 11.4. The van der Waals surface area contributed by atoms with Crippen LogP contribution in [0, 0.1) is 5.82 Å². The standard InChI is InChI=1S/C25H22ClF4N3O6/c1-37-18-7-8-20(33-22(18)13-3-5-16(27)15(26)9-13)24(36,25(28,29)30)12-32-23(35)14-4-6-17(19(10-14)38-2)39-11-21(31)34/h3-10,36H,11-12H2,1-2H3,(H2,31,34)(H,32,35). The van der Waals surface area contributed by atoms with Crippen LogP contribution in [-0.4, -0.2) is 55.5 Å². The molecule has 0 bridgehead atoms. The van der Waals surface area contributed by atoms with Gasteiger partial charge in [-0.25, -0.2) is 9.37 Å². The third-order valence-electron chi connectivity index (χ3n) is 5.46. The van der Waals surface area contributed by atoms with Crippen molar-refractivity contribution in [2.75, 3.05) is 27.4 Å². The van der Waals surface area contributed by atoms with E-state index in [2.05, 4.69) is 4.98 Å². The van der Waals surface area contributed by atoms with Crippen LogP contribution >= 0.6 is 11.6 Å². The summed E-state index contributed by atoms with van der Waals surface area (Å²) in [4.78, 5) is 27.6. The topological polar surface area (TPSA) is 133 Å². The number of pyridine rings is 1. The summed E-state index contributed by atoms with van der Waals surface area (Å²) < 4.78 is 71.6. The Morgan fingerprint density at radius 2 is 1.69 bits per heavy atom. The largest absolute Gasteiger partial charge is 0.494 e. The summed E-state index contributed by atoms with van der Waals surface area (Å²) >= 11 is 5.81. The number of carbonyl (C=O) groups is 2. The number of hydrogen-bond donors (Lipinski definition) is 3. The van der Waals surface area contributed by atoms with Crippen LogP contribution < -0.4 is 25.3 Å². The number of nitrogens with two attached hydrogens (primary N) is 1. The molecule has 0 aliphatic rings. The van der Waals surface area contributed by atoms with E-state index in [9.17, 15) is 32.3 Å². The first-order valence-electron chi connectivity index (χ1n) is 11.0. The van der Waals surface area contributed by atoms with E-state index in [-0.39, 0.29) is 39.1 Å². The predicted molar refractivity (Wildman–Crippen MR) is 131 cm³/mol. The van der Waals surface area contributed by atoms with Gasteiger partial charge >= 0.3 is 6.18 Å². The van der Waals surface area contributed by atoms with Crippen LogP contribution in [0.2, 0.25) is 5.02 Å². The minimum absolute atomic E-state index is 0.00871. The summed E-state index contributed by atoms with van der Waals surface area (Å²) in [5.41, 5.74) is 0.370. The number of halogens is 5. The third kappa shape index (κ3) is 6.49. The molecule has 0 spiro atoms. The smallest absolute Gasteiger partial charge is 0.424 e. The van der Waals surface area contributed by atoms with Crippen LogP contribution in [0.1, 0.15) is 16.1 Å². The summed E-state index contributed by atoms with van der Waals surface area (Å²) in [5, 5.41) is 12.5. The number of hydrogen-bond acceptors (Lipinski definition) is 7. The lowest BCUT2D eigenvalue weighted by molar-refractivity contribution is -0.265. The number of nitrogens with one attached hydrogen (secondary N) is 1. The van der Waals surface area contributed by atoms with E-state index in [1.165, 1.54) is 38.5 Å². The van der Waals surface area contributed by atoms with Gasteiger partial charge in [0.2, 0.25) is 5.60 Å². The van der Waals surface area contributed by atoms with Gasteiger partial charge < -0.3 is 30.4 Å². The molecule has 9 nitrogen and oxygen atoms in total. The van der Waals surface area contributed by atoms with Crippen molar-refractivity contribution in [1.82, 2.24) is 10.3 Å². The molecule has 0 aliphatic heterocycles. The molecule has 0 aliphatic carbocycles. The minimum Gasteiger partial charge on any atom is -0.494 e. The average molecular weight is 572 g/mol. The van der Waals surface area contributed by atoms with Crippen LogP contribution in [0.15, 0.2) is 48.5 Å². The molecule has 2 aromatic carbocycles. The van der Waals surface area contributed by atoms with Gasteiger partial charge in [0.1, 0.15) is 17.3 Å². The summed E-state index contributed by atoms with van der Waals surface area (Å²) in [6, 6.07) is 9.05. The lowest BCUT2D eigenvalue weighted by atomic mass is 9.96. The maximum Gasteiger partial charge on any atom is 0.424 e. The van der Waals surface area contributed by atoms with Gasteiger partial charge in [-0.3, -0.25) is 9.59 Å². The normalized spacial score (nSPS) is 12.8. The fourth-order valence-corrected chi connectivity index (χ4v) is 3.60. The summed E-state index contributed by atoms with van der Waals surface area (Å²) in [6.07, 6.45) is -5.29. The highest BCUT2D eigenvalue weighted by Gasteiger charge is 2.56.